The van der Waals surface area contributed by atoms with Gasteiger partial charge in [0.15, 0.2) is 17.6 Å². The highest BCUT2D eigenvalue weighted by atomic mass is 16.5. The van der Waals surface area contributed by atoms with E-state index in [9.17, 15) is 30.3 Å². The normalized spacial score (nSPS) is 17.6. The van der Waals surface area contributed by atoms with Crippen LogP contribution in [0.15, 0.2) is 70.4 Å². The lowest BCUT2D eigenvalue weighted by Crippen LogP contribution is -2.31. The number of nitrogens with one attached hydrogen (secondary N) is 1. The SMILES string of the molecule is Cc1cc(-c2ccc3cc[nH]c(=O)c3c2)cc(C)c1[C@H](O)[C@H]1OC(CO)=C(O)C(O)=C1O. The summed E-state index contributed by atoms with van der Waals surface area (Å²) in [7, 11) is 0. The fourth-order valence-corrected chi connectivity index (χ4v) is 4.10. The van der Waals surface area contributed by atoms with Crippen molar-refractivity contribution in [2.45, 2.75) is 26.1 Å². The van der Waals surface area contributed by atoms with E-state index in [0.29, 0.717) is 22.1 Å². The summed E-state index contributed by atoms with van der Waals surface area (Å²) < 4.78 is 5.36. The number of fused-ring (bicyclic) bond motifs is 1. The first-order valence-corrected chi connectivity index (χ1v) is 9.96. The van der Waals surface area contributed by atoms with Gasteiger partial charge in [0.25, 0.3) is 5.56 Å². The predicted molar refractivity (Wildman–Crippen MR) is 118 cm³/mol. The topological polar surface area (TPSA) is 143 Å². The predicted octanol–water partition coefficient (Wildman–Crippen LogP) is 3.33. The Bertz CT molecular complexity index is 1310. The third-order valence-electron chi connectivity index (χ3n) is 5.70. The number of pyridine rings is 1. The van der Waals surface area contributed by atoms with Crippen LogP contribution in [0.2, 0.25) is 0 Å². The van der Waals surface area contributed by atoms with Gasteiger partial charge in [-0.25, -0.2) is 0 Å². The van der Waals surface area contributed by atoms with Gasteiger partial charge in [-0.1, -0.05) is 24.3 Å². The Morgan fingerprint density at radius 1 is 1.00 bits per heavy atom. The van der Waals surface area contributed by atoms with Gasteiger partial charge in [0.2, 0.25) is 11.5 Å². The fraction of sp³-hybridized carbons (Fsp3) is 0.208. The molecule has 0 radical (unpaired) electrons. The van der Waals surface area contributed by atoms with Gasteiger partial charge >= 0.3 is 0 Å². The van der Waals surface area contributed by atoms with Gasteiger partial charge in [0, 0.05) is 11.6 Å². The zero-order chi connectivity index (χ0) is 23.2. The Morgan fingerprint density at radius 3 is 2.34 bits per heavy atom. The number of H-pyrrole nitrogens is 1. The Kier molecular flexibility index (Phi) is 5.41. The highest BCUT2D eigenvalue weighted by Gasteiger charge is 2.37. The van der Waals surface area contributed by atoms with Gasteiger partial charge in [-0.05, 0) is 59.2 Å². The second kappa shape index (κ2) is 8.07. The van der Waals surface area contributed by atoms with E-state index in [-0.39, 0.29) is 11.3 Å². The number of benzene rings is 2. The molecule has 2 atom stereocenters. The number of hydrogen-bond donors (Lipinski definition) is 6. The zero-order valence-corrected chi connectivity index (χ0v) is 17.5. The Labute approximate surface area is 183 Å². The van der Waals surface area contributed by atoms with Gasteiger partial charge in [-0.15, -0.1) is 0 Å². The second-order valence-electron chi connectivity index (χ2n) is 7.78. The molecule has 2 aromatic carbocycles. The van der Waals surface area contributed by atoms with Gasteiger partial charge in [-0.2, -0.15) is 0 Å². The van der Waals surface area contributed by atoms with Crippen molar-refractivity contribution in [3.05, 3.63) is 92.7 Å². The standard InChI is InChI=1S/C24H23NO7/c1-11-7-15(14-4-3-13-5-6-25-24(31)16(13)9-14)8-12(2)18(11)20(28)23-22(30)21(29)19(27)17(10-26)32-23/h3-9,20,23,26-30H,10H2,1-2H3,(H,25,31)/t20-,23+/m0/s1. The monoisotopic (exact) mass is 437 g/mol. The summed E-state index contributed by atoms with van der Waals surface area (Å²) in [5.74, 6) is -2.71. The van der Waals surface area contributed by atoms with E-state index in [1.54, 1.807) is 26.1 Å². The highest BCUT2D eigenvalue weighted by Crippen LogP contribution is 2.37. The Morgan fingerprint density at radius 2 is 1.69 bits per heavy atom. The maximum Gasteiger partial charge on any atom is 0.255 e. The van der Waals surface area contributed by atoms with Crippen molar-refractivity contribution in [3.8, 4) is 11.1 Å². The average molecular weight is 437 g/mol. The summed E-state index contributed by atoms with van der Waals surface area (Å²) in [6.07, 6.45) is -1.20. The van der Waals surface area contributed by atoms with E-state index in [2.05, 4.69) is 4.98 Å². The van der Waals surface area contributed by atoms with E-state index >= 15 is 0 Å². The first-order valence-electron chi connectivity index (χ1n) is 9.96. The summed E-state index contributed by atoms with van der Waals surface area (Å²) in [5, 5.41) is 51.6. The third-order valence-corrected chi connectivity index (χ3v) is 5.70. The van der Waals surface area contributed by atoms with Crippen molar-refractivity contribution in [3.63, 3.8) is 0 Å². The van der Waals surface area contributed by atoms with Crippen molar-refractivity contribution in [1.82, 2.24) is 4.98 Å². The van der Waals surface area contributed by atoms with Crippen molar-refractivity contribution in [2.24, 2.45) is 0 Å². The quantitative estimate of drug-likeness (QED) is 0.367. The van der Waals surface area contributed by atoms with E-state index in [0.717, 1.165) is 16.5 Å². The van der Waals surface area contributed by atoms with Crippen molar-refractivity contribution < 1.29 is 30.3 Å². The van der Waals surface area contributed by atoms with Crippen LogP contribution in [0, 0.1) is 13.8 Å². The van der Waals surface area contributed by atoms with Gasteiger partial charge < -0.3 is 35.3 Å². The molecule has 1 aliphatic heterocycles. The molecule has 0 aliphatic carbocycles. The molecule has 2 heterocycles. The van der Waals surface area contributed by atoms with Crippen molar-refractivity contribution in [2.75, 3.05) is 6.61 Å². The van der Waals surface area contributed by atoms with Crippen LogP contribution in [0.1, 0.15) is 22.8 Å². The molecule has 3 aromatic rings. The van der Waals surface area contributed by atoms with Crippen molar-refractivity contribution in [1.29, 1.82) is 0 Å². The summed E-state index contributed by atoms with van der Waals surface area (Å²) in [6, 6.07) is 11.1. The number of aliphatic hydroxyl groups excluding tert-OH is 5. The summed E-state index contributed by atoms with van der Waals surface area (Å²) in [5.41, 5.74) is 3.32. The molecular weight excluding hydrogens is 414 g/mol. The molecule has 6 N–H and O–H groups in total. The van der Waals surface area contributed by atoms with Crippen LogP contribution >= 0.6 is 0 Å². The highest BCUT2D eigenvalue weighted by molar-refractivity contribution is 5.86. The van der Waals surface area contributed by atoms with Crippen LogP contribution in [0.5, 0.6) is 0 Å². The smallest absolute Gasteiger partial charge is 0.255 e. The van der Waals surface area contributed by atoms with Crippen LogP contribution in [0.25, 0.3) is 21.9 Å². The van der Waals surface area contributed by atoms with E-state index in [4.69, 9.17) is 4.74 Å². The number of hydrogen-bond acceptors (Lipinski definition) is 7. The maximum absolute atomic E-state index is 12.2. The summed E-state index contributed by atoms with van der Waals surface area (Å²) >= 11 is 0. The molecule has 1 aliphatic rings. The number of aryl methyl sites for hydroxylation is 2. The van der Waals surface area contributed by atoms with Crippen molar-refractivity contribution >= 4 is 10.8 Å². The van der Waals surface area contributed by atoms with Crippen LogP contribution in [-0.4, -0.2) is 43.2 Å². The van der Waals surface area contributed by atoms with Crippen LogP contribution in [0.4, 0.5) is 0 Å². The lowest BCUT2D eigenvalue weighted by atomic mass is 9.89. The lowest BCUT2D eigenvalue weighted by molar-refractivity contribution is -0.0313. The number of aromatic amines is 1. The summed E-state index contributed by atoms with van der Waals surface area (Å²) in [4.78, 5) is 14.8. The van der Waals surface area contributed by atoms with Crippen LogP contribution in [0.3, 0.4) is 0 Å². The molecule has 0 saturated carbocycles. The van der Waals surface area contributed by atoms with Gasteiger partial charge in [-0.3, -0.25) is 4.79 Å². The minimum absolute atomic E-state index is 0.183. The van der Waals surface area contributed by atoms with Gasteiger partial charge in [0.05, 0.1) is 0 Å². The molecule has 4 rings (SSSR count). The number of ether oxygens (including phenoxy) is 1. The van der Waals surface area contributed by atoms with Gasteiger partial charge in [0.1, 0.15) is 12.7 Å². The number of rotatable bonds is 4. The first kappa shape index (κ1) is 21.5. The molecule has 0 saturated heterocycles. The molecule has 1 aromatic heterocycles. The van der Waals surface area contributed by atoms with E-state index in [1.165, 1.54) is 0 Å². The molecule has 0 bridgehead atoms. The molecule has 166 valence electrons. The molecule has 0 spiro atoms. The van der Waals surface area contributed by atoms with E-state index < -0.39 is 36.1 Å². The minimum atomic E-state index is -1.41. The van der Waals surface area contributed by atoms with Crippen LogP contribution < -0.4 is 5.56 Å². The minimum Gasteiger partial charge on any atom is -0.505 e. The first-order chi connectivity index (χ1) is 15.2. The molecule has 0 unspecified atom stereocenters. The Hall–Kier alpha value is -3.75. The third kappa shape index (κ3) is 3.49. The molecular formula is C24H23NO7. The molecule has 32 heavy (non-hydrogen) atoms. The largest absolute Gasteiger partial charge is 0.505 e. The molecule has 8 heteroatoms. The molecule has 0 fully saturated rings. The average Bonchev–Trinajstić information content (AvgIpc) is 2.77. The fourth-order valence-electron chi connectivity index (χ4n) is 4.10. The molecule has 8 nitrogen and oxygen atoms in total. The summed E-state index contributed by atoms with van der Waals surface area (Å²) in [6.45, 7) is 2.85. The number of aromatic nitrogens is 1. The zero-order valence-electron chi connectivity index (χ0n) is 17.5. The molecule has 0 amide bonds. The number of aliphatic hydroxyl groups is 5. The van der Waals surface area contributed by atoms with Crippen LogP contribution in [-0.2, 0) is 4.74 Å². The second-order valence-corrected chi connectivity index (χ2v) is 7.78. The maximum atomic E-state index is 12.2. The Balaban J connectivity index is 1.74. The van der Waals surface area contributed by atoms with E-state index in [1.807, 2.05) is 30.3 Å². The lowest BCUT2D eigenvalue weighted by Gasteiger charge is -2.30.